The van der Waals surface area contributed by atoms with E-state index in [0.717, 1.165) is 31.1 Å². The Kier molecular flexibility index (Phi) is 7.96. The van der Waals surface area contributed by atoms with Gasteiger partial charge in [-0.2, -0.15) is 13.2 Å². The zero-order valence-corrected chi connectivity index (χ0v) is 22.3. The smallest absolute Gasteiger partial charge is 0.327 e. The van der Waals surface area contributed by atoms with E-state index in [1.54, 1.807) is 24.3 Å². The molecule has 0 spiro atoms. The fraction of sp³-hybridized carbons (Fsp3) is 0.250. The van der Waals surface area contributed by atoms with Gasteiger partial charge in [0, 0.05) is 29.1 Å². The molecule has 40 heavy (non-hydrogen) atoms. The molecular formula is C28H23Cl2F4N3O3. The molecule has 1 aliphatic heterocycles. The number of rotatable bonds is 8. The minimum absolute atomic E-state index is 0.00948. The maximum absolute atomic E-state index is 14.4. The minimum atomic E-state index is -4.97. The van der Waals surface area contributed by atoms with Gasteiger partial charge in [0.2, 0.25) is 5.60 Å². The van der Waals surface area contributed by atoms with Crippen LogP contribution < -0.4 is 16.3 Å². The number of hydroxylamine groups is 2. The first-order valence-corrected chi connectivity index (χ1v) is 13.1. The fourth-order valence-corrected chi connectivity index (χ4v) is 5.07. The van der Waals surface area contributed by atoms with Gasteiger partial charge in [0.15, 0.2) is 5.82 Å². The molecule has 1 amide bonds. The van der Waals surface area contributed by atoms with Crippen LogP contribution in [0.15, 0.2) is 67.0 Å². The Morgan fingerprint density at radius 3 is 2.45 bits per heavy atom. The zero-order valence-electron chi connectivity index (χ0n) is 20.7. The van der Waals surface area contributed by atoms with E-state index >= 15 is 0 Å². The summed E-state index contributed by atoms with van der Waals surface area (Å²) >= 11 is 11.6. The second kappa shape index (κ2) is 11.3. The number of hydrogen-bond donors (Lipinski definition) is 3. The highest BCUT2D eigenvalue weighted by molar-refractivity contribution is 6.35. The van der Waals surface area contributed by atoms with Gasteiger partial charge in [-0.05, 0) is 53.8 Å². The summed E-state index contributed by atoms with van der Waals surface area (Å²) in [6, 6.07) is 11.4. The van der Waals surface area contributed by atoms with Gasteiger partial charge in [0.25, 0.3) is 5.91 Å². The fourth-order valence-electron chi connectivity index (χ4n) is 4.58. The van der Waals surface area contributed by atoms with Crippen molar-refractivity contribution in [2.45, 2.75) is 31.0 Å². The summed E-state index contributed by atoms with van der Waals surface area (Å²) in [6.45, 7) is 0.592. The van der Waals surface area contributed by atoms with Crippen molar-refractivity contribution in [1.82, 2.24) is 16.3 Å². The highest BCUT2D eigenvalue weighted by atomic mass is 35.5. The number of hydrogen-bond acceptors (Lipinski definition) is 5. The van der Waals surface area contributed by atoms with Crippen molar-refractivity contribution in [2.24, 2.45) is 5.92 Å². The summed E-state index contributed by atoms with van der Waals surface area (Å²) in [5, 5.41) is 2.49. The van der Waals surface area contributed by atoms with Crippen LogP contribution in [0.2, 0.25) is 10.0 Å². The topological polar surface area (TPSA) is 71.6 Å². The number of carbonyl (C=O) groups is 1. The molecule has 1 heterocycles. The van der Waals surface area contributed by atoms with Gasteiger partial charge >= 0.3 is 6.18 Å². The van der Waals surface area contributed by atoms with Crippen molar-refractivity contribution in [3.8, 4) is 0 Å². The quantitative estimate of drug-likeness (QED) is 0.112. The molecule has 3 N–H and O–H groups in total. The second-order valence-electron chi connectivity index (χ2n) is 9.49. The predicted molar refractivity (Wildman–Crippen MR) is 143 cm³/mol. The Morgan fingerprint density at radius 1 is 1.10 bits per heavy atom. The monoisotopic (exact) mass is 595 g/mol. The molecule has 0 radical (unpaired) electrons. The lowest BCUT2D eigenvalue weighted by Crippen LogP contribution is -2.42. The Morgan fingerprint density at radius 2 is 1.80 bits per heavy atom. The van der Waals surface area contributed by atoms with Gasteiger partial charge in [-0.25, -0.2) is 4.39 Å². The van der Waals surface area contributed by atoms with E-state index in [1.165, 1.54) is 31.0 Å². The Balaban J connectivity index is 1.43. The van der Waals surface area contributed by atoms with Gasteiger partial charge in [0.1, 0.15) is 0 Å². The first-order valence-electron chi connectivity index (χ1n) is 12.3. The lowest BCUT2D eigenvalue weighted by molar-refractivity contribution is -0.269. The van der Waals surface area contributed by atoms with Crippen molar-refractivity contribution in [3.63, 3.8) is 0 Å². The van der Waals surface area contributed by atoms with E-state index < -0.39 is 39.1 Å². The van der Waals surface area contributed by atoms with Gasteiger partial charge < -0.3 is 5.32 Å². The van der Waals surface area contributed by atoms with Gasteiger partial charge in [0.05, 0.1) is 22.3 Å². The third-order valence-corrected chi connectivity index (χ3v) is 7.51. The molecule has 1 atom stereocenters. The molecule has 6 nitrogen and oxygen atoms in total. The van der Waals surface area contributed by atoms with Crippen LogP contribution in [0.3, 0.4) is 0 Å². The highest BCUT2D eigenvalue weighted by Gasteiger charge is 2.60. The Bertz CT molecular complexity index is 1480. The molecule has 1 unspecified atom stereocenters. The Hall–Kier alpha value is -3.31. The summed E-state index contributed by atoms with van der Waals surface area (Å²) in [5.41, 5.74) is 2.16. The first-order chi connectivity index (χ1) is 19.1. The van der Waals surface area contributed by atoms with E-state index in [4.69, 9.17) is 32.9 Å². The summed E-state index contributed by atoms with van der Waals surface area (Å²) in [7, 11) is 0. The second-order valence-corrected chi connectivity index (χ2v) is 10.3. The van der Waals surface area contributed by atoms with Gasteiger partial charge in [-0.15, -0.1) is 0 Å². The van der Waals surface area contributed by atoms with Crippen molar-refractivity contribution in [1.29, 1.82) is 0 Å². The number of carbonyl (C=O) groups excluding carboxylic acids is 1. The van der Waals surface area contributed by atoms with Crippen molar-refractivity contribution >= 4 is 45.6 Å². The van der Waals surface area contributed by atoms with Crippen LogP contribution in [-0.2, 0) is 15.3 Å². The normalized spacial score (nSPS) is 19.4. The summed E-state index contributed by atoms with van der Waals surface area (Å²) in [5.74, 6) is -0.904. The van der Waals surface area contributed by atoms with Crippen LogP contribution in [0.5, 0.6) is 0 Å². The van der Waals surface area contributed by atoms with Gasteiger partial charge in [-0.1, -0.05) is 60.0 Å². The van der Waals surface area contributed by atoms with E-state index in [-0.39, 0.29) is 5.70 Å². The maximum Gasteiger partial charge on any atom is 0.428 e. The average Bonchev–Trinajstić information content (AvgIpc) is 3.36. The molecule has 2 aliphatic rings. The minimum Gasteiger partial charge on any atom is -0.327 e. The van der Waals surface area contributed by atoms with Crippen LogP contribution in [0, 0.1) is 11.7 Å². The van der Waals surface area contributed by atoms with Crippen LogP contribution in [0.4, 0.5) is 17.6 Å². The molecule has 0 aromatic heterocycles. The van der Waals surface area contributed by atoms with E-state index in [9.17, 15) is 22.4 Å². The summed E-state index contributed by atoms with van der Waals surface area (Å²) in [4.78, 5) is 23.4. The van der Waals surface area contributed by atoms with Crippen molar-refractivity contribution in [3.05, 3.63) is 99.6 Å². The number of nitrogens with one attached hydrogen (secondary N) is 3. The number of halogens is 6. The molecule has 3 aromatic carbocycles. The molecule has 0 saturated heterocycles. The molecule has 0 bridgehead atoms. The van der Waals surface area contributed by atoms with E-state index in [1.807, 2.05) is 0 Å². The molecule has 1 aliphatic carbocycles. The third-order valence-electron chi connectivity index (χ3n) is 6.96. The predicted octanol–water partition coefficient (Wildman–Crippen LogP) is 7.14. The Labute approximate surface area is 236 Å². The molecule has 1 fully saturated rings. The van der Waals surface area contributed by atoms with E-state index in [0.29, 0.717) is 34.4 Å². The van der Waals surface area contributed by atoms with Crippen molar-refractivity contribution < 1.29 is 32.0 Å². The molecule has 12 heteroatoms. The number of benzene rings is 3. The highest BCUT2D eigenvalue weighted by Crippen LogP contribution is 2.49. The molecular weight excluding hydrogens is 573 g/mol. The summed E-state index contributed by atoms with van der Waals surface area (Å²) < 4.78 is 57.2. The molecule has 1 saturated carbocycles. The molecule has 3 aromatic rings. The van der Waals surface area contributed by atoms with Crippen LogP contribution in [0.1, 0.15) is 40.7 Å². The summed E-state index contributed by atoms with van der Waals surface area (Å²) in [6.07, 6.45) is 2.25. The number of amides is 1. The SMILES string of the molecule is O=C(NC=CNOCC1CCC1)c1ccc(C2=CC(c3cc(Cl)c(F)c(Cl)c3)(C(F)(F)F)ON2)c2ccccc12. The lowest BCUT2D eigenvalue weighted by Gasteiger charge is -2.28. The lowest BCUT2D eigenvalue weighted by atomic mass is 9.86. The van der Waals surface area contributed by atoms with Crippen LogP contribution in [0.25, 0.3) is 16.5 Å². The standard InChI is InChI=1S/C28H23Cl2F4N3O3/c29-22-12-17(13-23(30)25(22)31)27(28(32,33)34)14-24(37-40-27)20-8-9-21(19-7-2-1-6-18(19)20)26(38)35-10-11-36-39-15-16-4-3-5-16/h1-2,6-14,16,36-37H,3-5,15H2,(H,35,38). The van der Waals surface area contributed by atoms with Crippen LogP contribution >= 0.6 is 23.2 Å². The molecule has 210 valence electrons. The van der Waals surface area contributed by atoms with E-state index in [2.05, 4.69) is 16.3 Å². The maximum atomic E-state index is 14.4. The largest absolute Gasteiger partial charge is 0.428 e. The average molecular weight is 596 g/mol. The number of alkyl halides is 3. The van der Waals surface area contributed by atoms with Gasteiger partial charge in [-0.3, -0.25) is 25.4 Å². The zero-order chi connectivity index (χ0) is 28.5. The third kappa shape index (κ3) is 5.36. The van der Waals surface area contributed by atoms with Crippen LogP contribution in [-0.4, -0.2) is 18.7 Å². The van der Waals surface area contributed by atoms with Crippen molar-refractivity contribution in [2.75, 3.05) is 6.61 Å². The number of fused-ring (bicyclic) bond motifs is 1. The first kappa shape index (κ1) is 28.2. The molecule has 5 rings (SSSR count).